The van der Waals surface area contributed by atoms with Crippen molar-refractivity contribution in [2.24, 2.45) is 0 Å². The predicted octanol–water partition coefficient (Wildman–Crippen LogP) is 14.6. The Bertz CT molecular complexity index is 950. The number of rotatable bonds is 31. The van der Waals surface area contributed by atoms with E-state index in [0.717, 1.165) is 0 Å². The standard InChI is InChI=1S/C18H26N2S2.6C4H9.2Sn/c1-3-5-7-9-11-15-13-21-17(19-15)18-20-16(14-22-18)12-10-8-6-4-2;6*1-3-4-2;;/h3-12H2,1-2H3;6*1,3-4H2,2H3;;. The molecule has 6 heteroatoms. The van der Waals surface area contributed by atoms with Crippen molar-refractivity contribution in [1.29, 1.82) is 0 Å². The van der Waals surface area contributed by atoms with Crippen molar-refractivity contribution in [3.63, 3.8) is 0 Å². The van der Waals surface area contributed by atoms with Gasteiger partial charge in [-0.3, -0.25) is 0 Å². The molecular formula is C42H80N2S2Sn2. The topological polar surface area (TPSA) is 25.8 Å². The summed E-state index contributed by atoms with van der Waals surface area (Å²) in [6.45, 7) is 19.2. The molecule has 2 heterocycles. The summed E-state index contributed by atoms with van der Waals surface area (Å²) in [5.74, 6) is 0. The van der Waals surface area contributed by atoms with Gasteiger partial charge >= 0.3 is 320 Å². The minimum absolute atomic E-state index is 1.21. The van der Waals surface area contributed by atoms with Crippen LogP contribution in [0.3, 0.4) is 0 Å². The summed E-state index contributed by atoms with van der Waals surface area (Å²) in [6.07, 6.45) is 29.7. The van der Waals surface area contributed by atoms with Crippen molar-refractivity contribution in [1.82, 2.24) is 9.97 Å². The Hall–Kier alpha value is 0.857. The van der Waals surface area contributed by atoms with Gasteiger partial charge in [0.15, 0.2) is 0 Å². The Kier molecular flexibility index (Phi) is 24.9. The number of hydrogen-bond donors (Lipinski definition) is 0. The van der Waals surface area contributed by atoms with E-state index >= 15 is 0 Å². The van der Waals surface area contributed by atoms with Crippen molar-refractivity contribution in [2.75, 3.05) is 0 Å². The third-order valence-electron chi connectivity index (χ3n) is 11.1. The van der Waals surface area contributed by atoms with E-state index in [-0.39, 0.29) is 0 Å². The Morgan fingerprint density at radius 3 is 0.875 bits per heavy atom. The number of hydrogen-bond acceptors (Lipinski definition) is 4. The van der Waals surface area contributed by atoms with Crippen LogP contribution in [0, 0.1) is 0 Å². The second-order valence-electron chi connectivity index (χ2n) is 15.4. The molecular weight excluding hydrogens is 834 g/mol. The molecule has 0 aromatic carbocycles. The second kappa shape index (κ2) is 26.6. The van der Waals surface area contributed by atoms with Gasteiger partial charge in [0.1, 0.15) is 0 Å². The third kappa shape index (κ3) is 14.4. The third-order valence-corrected chi connectivity index (χ3v) is 50.2. The summed E-state index contributed by atoms with van der Waals surface area (Å²) < 4.78 is 13.1. The fraction of sp³-hybridized carbons (Fsp3) is 0.857. The molecule has 0 radical (unpaired) electrons. The van der Waals surface area contributed by atoms with Crippen LogP contribution < -0.4 is 5.79 Å². The zero-order chi connectivity index (χ0) is 35.1. The summed E-state index contributed by atoms with van der Waals surface area (Å²) in [5, 5.41) is 2.68. The minimum atomic E-state index is -2.63. The van der Waals surface area contributed by atoms with E-state index in [1.54, 1.807) is 38.0 Å². The summed E-state index contributed by atoms with van der Waals surface area (Å²) >= 11 is -0.853. The van der Waals surface area contributed by atoms with Gasteiger partial charge in [0.25, 0.3) is 0 Å². The quantitative estimate of drug-likeness (QED) is 0.0556. The van der Waals surface area contributed by atoms with Crippen LogP contribution in [0.4, 0.5) is 0 Å². The van der Waals surface area contributed by atoms with Gasteiger partial charge in [-0.05, 0) is 0 Å². The molecule has 0 atom stereocenters. The Balaban J connectivity index is 2.79. The summed E-state index contributed by atoms with van der Waals surface area (Å²) in [6, 6.07) is 0. The number of aromatic nitrogens is 2. The van der Waals surface area contributed by atoms with Crippen molar-refractivity contribution < 1.29 is 0 Å². The van der Waals surface area contributed by atoms with Crippen LogP contribution in [0.2, 0.25) is 26.6 Å². The van der Waals surface area contributed by atoms with Crippen molar-refractivity contribution in [2.45, 2.75) is 223 Å². The molecule has 0 fully saturated rings. The molecule has 0 aliphatic heterocycles. The molecule has 2 aromatic heterocycles. The Morgan fingerprint density at radius 2 is 0.625 bits per heavy atom. The van der Waals surface area contributed by atoms with E-state index in [1.807, 2.05) is 5.79 Å². The average Bonchev–Trinajstić information content (AvgIpc) is 3.74. The molecule has 0 aliphatic carbocycles. The van der Waals surface area contributed by atoms with Crippen LogP contribution in [0.5, 0.6) is 0 Å². The normalized spacial score (nSPS) is 12.4. The number of unbranched alkanes of at least 4 members (excludes halogenated alkanes) is 12. The van der Waals surface area contributed by atoms with Crippen molar-refractivity contribution >= 4 is 65.2 Å². The number of thiazole rings is 2. The van der Waals surface area contributed by atoms with Crippen LogP contribution in [0.15, 0.2) is 0 Å². The van der Waals surface area contributed by atoms with E-state index in [1.165, 1.54) is 151 Å². The van der Waals surface area contributed by atoms with E-state index in [0.29, 0.717) is 0 Å². The van der Waals surface area contributed by atoms with E-state index in [9.17, 15) is 0 Å². The van der Waals surface area contributed by atoms with Crippen molar-refractivity contribution in [3.8, 4) is 10.0 Å². The van der Waals surface area contributed by atoms with E-state index < -0.39 is 36.8 Å². The van der Waals surface area contributed by atoms with Gasteiger partial charge in [0.05, 0.1) is 0 Å². The van der Waals surface area contributed by atoms with Gasteiger partial charge in [0, 0.05) is 0 Å². The first-order valence-electron chi connectivity index (χ1n) is 21.4. The molecule has 2 nitrogen and oxygen atoms in total. The zero-order valence-corrected chi connectivity index (χ0v) is 40.9. The average molecular weight is 915 g/mol. The second-order valence-corrected chi connectivity index (χ2v) is 45.5. The molecule has 0 bridgehead atoms. The van der Waals surface area contributed by atoms with Gasteiger partial charge in [-0.15, -0.1) is 0 Å². The Morgan fingerprint density at radius 1 is 0.354 bits per heavy atom. The zero-order valence-electron chi connectivity index (χ0n) is 33.5. The van der Waals surface area contributed by atoms with Gasteiger partial charge < -0.3 is 0 Å². The van der Waals surface area contributed by atoms with Crippen LogP contribution in [-0.2, 0) is 12.8 Å². The summed E-state index contributed by atoms with van der Waals surface area (Å²) in [5.41, 5.74) is 3.12. The monoisotopic (exact) mass is 916 g/mol. The molecule has 2 rings (SSSR count). The molecule has 0 aliphatic rings. The van der Waals surface area contributed by atoms with Crippen molar-refractivity contribution in [3.05, 3.63) is 11.4 Å². The van der Waals surface area contributed by atoms with Crippen LogP contribution in [0.25, 0.3) is 10.0 Å². The van der Waals surface area contributed by atoms with Crippen LogP contribution >= 0.6 is 22.7 Å². The molecule has 0 saturated heterocycles. The molecule has 48 heavy (non-hydrogen) atoms. The molecule has 0 spiro atoms. The maximum absolute atomic E-state index is 5.74. The molecule has 278 valence electrons. The molecule has 0 unspecified atom stereocenters. The first-order chi connectivity index (χ1) is 23.4. The summed E-state index contributed by atoms with van der Waals surface area (Å²) in [7, 11) is 0. The molecule has 0 N–H and O–H groups in total. The summed E-state index contributed by atoms with van der Waals surface area (Å²) in [4.78, 5) is 11.5. The first kappa shape index (κ1) is 45.0. The fourth-order valence-corrected chi connectivity index (χ4v) is 50.0. The Labute approximate surface area is 317 Å². The van der Waals surface area contributed by atoms with Gasteiger partial charge in [-0.1, -0.05) is 0 Å². The van der Waals surface area contributed by atoms with Gasteiger partial charge in [-0.25, -0.2) is 0 Å². The first-order valence-corrected chi connectivity index (χ1v) is 38.0. The van der Waals surface area contributed by atoms with Gasteiger partial charge in [0.2, 0.25) is 0 Å². The number of aryl methyl sites for hydroxylation is 2. The van der Waals surface area contributed by atoms with Crippen LogP contribution in [0.1, 0.15) is 195 Å². The maximum atomic E-state index is 5.74. The number of nitrogens with zero attached hydrogens (tertiary/aromatic N) is 2. The van der Waals surface area contributed by atoms with E-state index in [4.69, 9.17) is 9.97 Å². The van der Waals surface area contributed by atoms with Gasteiger partial charge in [-0.2, -0.15) is 0 Å². The predicted molar refractivity (Wildman–Crippen MR) is 228 cm³/mol. The molecule has 0 saturated carbocycles. The molecule has 0 amide bonds. The van der Waals surface area contributed by atoms with E-state index in [2.05, 4.69) is 78.1 Å². The molecule has 2 aromatic rings. The fourth-order valence-electron chi connectivity index (χ4n) is 8.01. The SMILES string of the molecule is CCCCCCc1nc(-c2nc(CCCCCC)[c]([Sn]([CH2]CCC)([CH2]CCC)[CH2]CCC)s2)s[c]1[Sn]([CH2]CCC)([CH2]CCC)[CH2]CCC. The van der Waals surface area contributed by atoms with Crippen LogP contribution in [-0.4, -0.2) is 46.7 Å².